The molecule has 31 heavy (non-hydrogen) atoms. The molecule has 0 spiro atoms. The van der Waals surface area contributed by atoms with E-state index in [1.54, 1.807) is 13.5 Å². The molecule has 1 saturated heterocycles. The number of hydrogen-bond donors (Lipinski definition) is 0. The highest BCUT2D eigenvalue weighted by molar-refractivity contribution is 7.86. The van der Waals surface area contributed by atoms with Gasteiger partial charge in [-0.25, -0.2) is 4.79 Å². The largest absolute Gasteiger partial charge is 0.444 e. The Hall–Kier alpha value is -1.64. The fourth-order valence-electron chi connectivity index (χ4n) is 4.31. The van der Waals surface area contributed by atoms with Gasteiger partial charge in [0.25, 0.3) is 10.2 Å². The molecular weight excluding hydrogens is 414 g/mol. The van der Waals surface area contributed by atoms with Gasteiger partial charge >= 0.3 is 6.09 Å². The lowest BCUT2D eigenvalue weighted by Crippen LogP contribution is -2.51. The van der Waals surface area contributed by atoms with Crippen LogP contribution in [-0.2, 0) is 27.9 Å². The number of benzene rings is 1. The van der Waals surface area contributed by atoms with Gasteiger partial charge in [-0.1, -0.05) is 24.3 Å². The summed E-state index contributed by atoms with van der Waals surface area (Å²) in [7, 11) is -3.53. The second kappa shape index (κ2) is 9.46. The number of amides is 1. The highest BCUT2D eigenvalue weighted by Gasteiger charge is 2.36. The van der Waals surface area contributed by atoms with Gasteiger partial charge in [0.15, 0.2) is 0 Å². The third-order valence-electron chi connectivity index (χ3n) is 5.94. The molecule has 1 atom stereocenters. The van der Waals surface area contributed by atoms with Crippen molar-refractivity contribution in [1.82, 2.24) is 13.5 Å². The maximum Gasteiger partial charge on any atom is 0.410 e. The van der Waals surface area contributed by atoms with Crippen molar-refractivity contribution in [1.29, 1.82) is 0 Å². The Bertz CT molecular complexity index is 879. The van der Waals surface area contributed by atoms with Gasteiger partial charge < -0.3 is 9.64 Å². The van der Waals surface area contributed by atoms with E-state index in [9.17, 15) is 13.2 Å². The van der Waals surface area contributed by atoms with Gasteiger partial charge in [0.1, 0.15) is 5.60 Å². The predicted molar refractivity (Wildman–Crippen MR) is 122 cm³/mol. The van der Waals surface area contributed by atoms with E-state index in [2.05, 4.69) is 6.07 Å². The Morgan fingerprint density at radius 3 is 2.48 bits per heavy atom. The van der Waals surface area contributed by atoms with Gasteiger partial charge in [-0.15, -0.1) is 0 Å². The number of nitrogens with zero attached hydrogens (tertiary/aromatic N) is 3. The Morgan fingerprint density at radius 1 is 1.16 bits per heavy atom. The highest BCUT2D eigenvalue weighted by atomic mass is 32.2. The predicted octanol–water partition coefficient (Wildman–Crippen LogP) is 3.65. The Kier molecular flexibility index (Phi) is 7.33. The van der Waals surface area contributed by atoms with Crippen LogP contribution in [0, 0.1) is 5.92 Å². The number of carbonyl (C=O) groups is 1. The molecule has 1 aromatic carbocycles. The van der Waals surface area contributed by atoms with Crippen molar-refractivity contribution in [3.05, 3.63) is 35.4 Å². The summed E-state index contributed by atoms with van der Waals surface area (Å²) in [5.41, 5.74) is 1.76. The zero-order valence-electron chi connectivity index (χ0n) is 19.5. The third kappa shape index (κ3) is 5.99. The zero-order valence-corrected chi connectivity index (χ0v) is 20.3. The van der Waals surface area contributed by atoms with E-state index in [0.717, 1.165) is 24.8 Å². The first kappa shape index (κ1) is 24.0. The molecule has 1 fully saturated rings. The fourth-order valence-corrected chi connectivity index (χ4v) is 6.02. The first-order valence-corrected chi connectivity index (χ1v) is 12.7. The lowest BCUT2D eigenvalue weighted by Gasteiger charge is -2.39. The summed E-state index contributed by atoms with van der Waals surface area (Å²) in [5, 5.41) is 0. The summed E-state index contributed by atoms with van der Waals surface area (Å²) in [6, 6.07) is 8.04. The second-order valence-corrected chi connectivity index (χ2v) is 11.9. The minimum Gasteiger partial charge on any atom is -0.444 e. The molecule has 0 N–H and O–H groups in total. The SMILES string of the molecule is CC(C)N(CC1CCCN(S(=O)(=O)N2CCc3ccccc3C2)C1)C(=O)OC(C)(C)C. The topological polar surface area (TPSA) is 70.2 Å². The van der Waals surface area contributed by atoms with E-state index >= 15 is 0 Å². The smallest absolute Gasteiger partial charge is 0.410 e. The van der Waals surface area contributed by atoms with Crippen LogP contribution in [0.15, 0.2) is 24.3 Å². The first-order valence-electron chi connectivity index (χ1n) is 11.3. The van der Waals surface area contributed by atoms with Crippen LogP contribution in [0.1, 0.15) is 58.6 Å². The lowest BCUT2D eigenvalue weighted by molar-refractivity contribution is 0.0137. The molecule has 8 heteroatoms. The minimum atomic E-state index is -3.53. The average Bonchev–Trinajstić information content (AvgIpc) is 2.70. The molecule has 0 bridgehead atoms. The van der Waals surface area contributed by atoms with Crippen molar-refractivity contribution in [2.24, 2.45) is 5.92 Å². The van der Waals surface area contributed by atoms with Crippen LogP contribution in [0.3, 0.4) is 0 Å². The van der Waals surface area contributed by atoms with Crippen LogP contribution in [0.25, 0.3) is 0 Å². The van der Waals surface area contributed by atoms with E-state index in [4.69, 9.17) is 4.74 Å². The number of rotatable bonds is 5. The summed E-state index contributed by atoms with van der Waals surface area (Å²) in [6.45, 7) is 11.9. The van der Waals surface area contributed by atoms with Gasteiger partial charge in [-0.3, -0.25) is 0 Å². The minimum absolute atomic E-state index is 0.0135. The van der Waals surface area contributed by atoms with Crippen LogP contribution in [-0.4, -0.2) is 65.8 Å². The molecule has 1 unspecified atom stereocenters. The molecule has 0 aromatic heterocycles. The number of hydrogen-bond acceptors (Lipinski definition) is 4. The number of piperidine rings is 1. The maximum atomic E-state index is 13.4. The van der Waals surface area contributed by atoms with Crippen molar-refractivity contribution in [2.45, 2.75) is 72.1 Å². The van der Waals surface area contributed by atoms with E-state index in [1.165, 1.54) is 5.56 Å². The Labute approximate surface area is 187 Å². The summed E-state index contributed by atoms with van der Waals surface area (Å²) >= 11 is 0. The molecule has 1 amide bonds. The van der Waals surface area contributed by atoms with E-state index in [0.29, 0.717) is 32.7 Å². The molecule has 1 aromatic rings. The number of ether oxygens (including phenoxy) is 1. The molecule has 7 nitrogen and oxygen atoms in total. The molecule has 0 radical (unpaired) electrons. The summed E-state index contributed by atoms with van der Waals surface area (Å²) < 4.78 is 35.6. The normalized spacial score (nSPS) is 21.0. The van der Waals surface area contributed by atoms with Crippen LogP contribution >= 0.6 is 0 Å². The van der Waals surface area contributed by atoms with Gasteiger partial charge in [-0.2, -0.15) is 17.0 Å². The van der Waals surface area contributed by atoms with Gasteiger partial charge in [0.2, 0.25) is 0 Å². The number of fused-ring (bicyclic) bond motifs is 1. The summed E-state index contributed by atoms with van der Waals surface area (Å²) in [5.74, 6) is 0.0931. The van der Waals surface area contributed by atoms with Crippen molar-refractivity contribution in [3.8, 4) is 0 Å². The summed E-state index contributed by atoms with van der Waals surface area (Å²) in [6.07, 6.45) is 2.11. The lowest BCUT2D eigenvalue weighted by atomic mass is 9.98. The van der Waals surface area contributed by atoms with Crippen LogP contribution in [0.4, 0.5) is 4.79 Å². The standard InChI is InChI=1S/C23H37N3O4S/c1-18(2)26(22(27)30-23(3,4)5)16-19-9-8-13-24(15-19)31(28,29)25-14-12-20-10-6-7-11-21(20)17-25/h6-7,10-11,18-19H,8-9,12-17H2,1-5H3. The Balaban J connectivity index is 1.67. The van der Waals surface area contributed by atoms with Crippen molar-refractivity contribution in [2.75, 3.05) is 26.2 Å². The van der Waals surface area contributed by atoms with E-state index < -0.39 is 15.8 Å². The molecular formula is C23H37N3O4S. The second-order valence-electron chi connectivity index (χ2n) is 9.95. The van der Waals surface area contributed by atoms with Gasteiger partial charge in [-0.05, 0) is 70.9 Å². The zero-order chi connectivity index (χ0) is 22.8. The van der Waals surface area contributed by atoms with E-state index in [-0.39, 0.29) is 18.1 Å². The average molecular weight is 452 g/mol. The maximum absolute atomic E-state index is 13.4. The van der Waals surface area contributed by atoms with Crippen LogP contribution in [0.2, 0.25) is 0 Å². The third-order valence-corrected chi connectivity index (χ3v) is 7.88. The fraction of sp³-hybridized carbons (Fsp3) is 0.696. The monoisotopic (exact) mass is 451 g/mol. The van der Waals surface area contributed by atoms with Crippen molar-refractivity contribution < 1.29 is 17.9 Å². The molecule has 2 aliphatic heterocycles. The number of carbonyl (C=O) groups excluding carboxylic acids is 1. The molecule has 2 heterocycles. The Morgan fingerprint density at radius 2 is 1.84 bits per heavy atom. The van der Waals surface area contributed by atoms with Crippen molar-refractivity contribution >= 4 is 16.3 Å². The quantitative estimate of drug-likeness (QED) is 0.685. The molecule has 0 aliphatic carbocycles. The molecule has 2 aliphatic rings. The first-order chi connectivity index (χ1) is 14.5. The highest BCUT2D eigenvalue weighted by Crippen LogP contribution is 2.27. The van der Waals surface area contributed by atoms with Gasteiger partial charge in [0, 0.05) is 38.8 Å². The van der Waals surface area contributed by atoms with Crippen LogP contribution < -0.4 is 0 Å². The van der Waals surface area contributed by atoms with Crippen LogP contribution in [0.5, 0.6) is 0 Å². The molecule has 0 saturated carbocycles. The van der Waals surface area contributed by atoms with Gasteiger partial charge in [0.05, 0.1) is 0 Å². The van der Waals surface area contributed by atoms with E-state index in [1.807, 2.05) is 52.8 Å². The molecule has 174 valence electrons. The summed E-state index contributed by atoms with van der Waals surface area (Å²) in [4.78, 5) is 14.4. The molecule has 3 rings (SSSR count). The van der Waals surface area contributed by atoms with Crippen molar-refractivity contribution in [3.63, 3.8) is 0 Å².